The number of β-amino-alcohol motifs (C(OH)–C–C–N with tert-alkyl or cyclic N) is 1. The van der Waals surface area contributed by atoms with Gasteiger partial charge in [-0.1, -0.05) is 58.9 Å². The summed E-state index contributed by atoms with van der Waals surface area (Å²) < 4.78 is 0. The third-order valence-corrected chi connectivity index (χ3v) is 14.7. The van der Waals surface area contributed by atoms with Crippen molar-refractivity contribution < 1.29 is 5.11 Å². The summed E-state index contributed by atoms with van der Waals surface area (Å²) in [6, 6.07) is 11.0. The molecule has 4 fully saturated rings. The van der Waals surface area contributed by atoms with Gasteiger partial charge >= 0.3 is 0 Å². The van der Waals surface area contributed by atoms with Crippen molar-refractivity contribution in [3.8, 4) is 0 Å². The number of hydrogen-bond acceptors (Lipinski definition) is 5. The Kier molecular flexibility index (Phi) is 8.52. The van der Waals surface area contributed by atoms with Crippen molar-refractivity contribution in [3.05, 3.63) is 35.4 Å². The zero-order valence-corrected chi connectivity index (χ0v) is 30.8. The lowest BCUT2D eigenvalue weighted by molar-refractivity contribution is 0.0274. The standard InChI is InChI=1S/C39H65N3OS/c1-34(2,3)31-22-30(43)24-42(31)35(4,5)15-16-38(9)27-39(10,40-19-20-44-25-33(38)40)18-17-37(8)26-36(6,7)41-23-29-14-12-11-13-28(29)21-32(37)41/h11-14,30-33,43H,15-27H2,1-10H3/t30?,31?,32?,33?,37-,38-,39+/m0/s1. The Hall–Kier alpha value is -0.590. The van der Waals surface area contributed by atoms with E-state index in [9.17, 15) is 5.11 Å². The first-order valence-electron chi connectivity index (χ1n) is 18.0. The van der Waals surface area contributed by atoms with E-state index in [4.69, 9.17) is 0 Å². The predicted octanol–water partition coefficient (Wildman–Crippen LogP) is 8.01. The van der Waals surface area contributed by atoms with Crippen molar-refractivity contribution in [3.63, 3.8) is 0 Å². The van der Waals surface area contributed by atoms with Crippen LogP contribution in [0.15, 0.2) is 24.3 Å². The summed E-state index contributed by atoms with van der Waals surface area (Å²) in [6.45, 7) is 28.2. The van der Waals surface area contributed by atoms with Gasteiger partial charge in [-0.3, -0.25) is 14.7 Å². The molecule has 6 rings (SSSR count). The van der Waals surface area contributed by atoms with E-state index in [-0.39, 0.29) is 28.1 Å². The predicted molar refractivity (Wildman–Crippen MR) is 188 cm³/mol. The summed E-state index contributed by atoms with van der Waals surface area (Å²) >= 11 is 2.20. The summed E-state index contributed by atoms with van der Waals surface area (Å²) in [5.41, 5.74) is 4.62. The molecule has 44 heavy (non-hydrogen) atoms. The average molecular weight is 624 g/mol. The van der Waals surface area contributed by atoms with Crippen LogP contribution in [0, 0.1) is 16.2 Å². The Morgan fingerprint density at radius 2 is 1.55 bits per heavy atom. The van der Waals surface area contributed by atoms with E-state index in [1.807, 2.05) is 0 Å². The van der Waals surface area contributed by atoms with Crippen LogP contribution >= 0.6 is 11.8 Å². The molecule has 1 N–H and O–H groups in total. The number of aliphatic hydroxyl groups is 1. The van der Waals surface area contributed by atoms with E-state index < -0.39 is 0 Å². The van der Waals surface area contributed by atoms with Crippen molar-refractivity contribution in [2.45, 2.75) is 168 Å². The molecule has 1 aromatic carbocycles. The van der Waals surface area contributed by atoms with Gasteiger partial charge in [0.1, 0.15) is 0 Å². The van der Waals surface area contributed by atoms with Crippen LogP contribution in [0.25, 0.3) is 0 Å². The van der Waals surface area contributed by atoms with Crippen LogP contribution in [0.1, 0.15) is 125 Å². The summed E-state index contributed by atoms with van der Waals surface area (Å²) in [5, 5.41) is 10.7. The summed E-state index contributed by atoms with van der Waals surface area (Å²) in [7, 11) is 0. The molecule has 0 saturated carbocycles. The van der Waals surface area contributed by atoms with Crippen molar-refractivity contribution in [2.75, 3.05) is 24.6 Å². The van der Waals surface area contributed by atoms with Crippen LogP contribution in [0.2, 0.25) is 0 Å². The minimum Gasteiger partial charge on any atom is -0.392 e. The lowest BCUT2D eigenvalue weighted by Gasteiger charge is -2.47. The Morgan fingerprint density at radius 3 is 2.25 bits per heavy atom. The van der Waals surface area contributed by atoms with E-state index in [2.05, 4.69) is 120 Å². The maximum absolute atomic E-state index is 10.7. The second kappa shape index (κ2) is 11.2. The van der Waals surface area contributed by atoms with E-state index in [0.29, 0.717) is 29.0 Å². The normalized spacial score (nSPS) is 39.8. The van der Waals surface area contributed by atoms with E-state index in [1.165, 1.54) is 63.0 Å². The van der Waals surface area contributed by atoms with E-state index >= 15 is 0 Å². The maximum atomic E-state index is 10.7. The number of hydrogen-bond donors (Lipinski definition) is 1. The quantitative estimate of drug-likeness (QED) is 0.333. The van der Waals surface area contributed by atoms with Crippen molar-refractivity contribution in [1.29, 1.82) is 0 Å². The second-order valence-corrected chi connectivity index (χ2v) is 20.3. The fraction of sp³-hybridized carbons (Fsp3) is 0.846. The maximum Gasteiger partial charge on any atom is 0.0682 e. The molecular weight excluding hydrogens is 559 g/mol. The monoisotopic (exact) mass is 623 g/mol. The number of aliphatic hydroxyl groups excluding tert-OH is 1. The third kappa shape index (κ3) is 5.86. The number of benzene rings is 1. The zero-order chi connectivity index (χ0) is 31.9. The largest absolute Gasteiger partial charge is 0.392 e. The second-order valence-electron chi connectivity index (χ2n) is 19.1. The first-order valence-corrected chi connectivity index (χ1v) is 19.2. The van der Waals surface area contributed by atoms with Crippen LogP contribution in [0.3, 0.4) is 0 Å². The summed E-state index contributed by atoms with van der Waals surface area (Å²) in [6.07, 6.45) is 9.68. The van der Waals surface area contributed by atoms with Gasteiger partial charge in [-0.25, -0.2) is 0 Å². The molecule has 0 spiro atoms. The molecule has 4 saturated heterocycles. The van der Waals surface area contributed by atoms with Crippen LogP contribution < -0.4 is 0 Å². The molecule has 0 aliphatic carbocycles. The SMILES string of the molecule is CC(C)(C)C1CC(O)CN1C(C)(C)CC[C@@]1(C)C[C@@](C)(CC[C@@]2(C)CC(C)(C)N3Cc4ccccc4CC32)N2CCSCC21. The molecule has 5 heteroatoms. The van der Waals surface area contributed by atoms with Gasteiger partial charge < -0.3 is 5.11 Å². The number of nitrogens with zero attached hydrogens (tertiary/aromatic N) is 3. The molecule has 4 unspecified atom stereocenters. The molecule has 7 atom stereocenters. The van der Waals surface area contributed by atoms with Gasteiger partial charge in [0, 0.05) is 65.9 Å². The highest BCUT2D eigenvalue weighted by molar-refractivity contribution is 7.99. The molecule has 5 aliphatic heterocycles. The number of thioether (sulfide) groups is 1. The van der Waals surface area contributed by atoms with Crippen LogP contribution in [0.5, 0.6) is 0 Å². The Bertz CT molecular complexity index is 1210. The smallest absolute Gasteiger partial charge is 0.0682 e. The van der Waals surface area contributed by atoms with Gasteiger partial charge in [-0.15, -0.1) is 0 Å². The fourth-order valence-electron chi connectivity index (χ4n) is 11.2. The summed E-state index contributed by atoms with van der Waals surface area (Å²) in [5.74, 6) is 2.57. The lowest BCUT2D eigenvalue weighted by Crippen LogP contribution is -2.53. The molecule has 0 amide bonds. The Morgan fingerprint density at radius 1 is 0.864 bits per heavy atom. The third-order valence-electron chi connectivity index (χ3n) is 13.7. The molecule has 5 aliphatic rings. The fourth-order valence-corrected chi connectivity index (χ4v) is 12.5. The highest BCUT2D eigenvalue weighted by atomic mass is 32.2. The van der Waals surface area contributed by atoms with Crippen molar-refractivity contribution in [1.82, 2.24) is 14.7 Å². The van der Waals surface area contributed by atoms with Gasteiger partial charge in [0.25, 0.3) is 0 Å². The van der Waals surface area contributed by atoms with Crippen molar-refractivity contribution in [2.24, 2.45) is 16.2 Å². The average Bonchev–Trinajstić information content (AvgIpc) is 3.53. The molecule has 5 heterocycles. The molecule has 248 valence electrons. The first-order chi connectivity index (χ1) is 20.4. The molecule has 4 nitrogen and oxygen atoms in total. The van der Waals surface area contributed by atoms with Crippen LogP contribution in [-0.2, 0) is 13.0 Å². The molecule has 0 aromatic heterocycles. The van der Waals surface area contributed by atoms with Gasteiger partial charge in [-0.05, 0) is 113 Å². The first kappa shape index (κ1) is 33.3. The number of rotatable bonds is 7. The number of likely N-dealkylation sites (tertiary alicyclic amines) is 1. The van der Waals surface area contributed by atoms with Gasteiger partial charge in [0.05, 0.1) is 6.10 Å². The zero-order valence-electron chi connectivity index (χ0n) is 30.0. The van der Waals surface area contributed by atoms with Crippen molar-refractivity contribution >= 4 is 11.8 Å². The minimum atomic E-state index is -0.190. The Balaban J connectivity index is 1.18. The van der Waals surface area contributed by atoms with Crippen LogP contribution in [0.4, 0.5) is 0 Å². The lowest BCUT2D eigenvalue weighted by atomic mass is 9.69. The highest BCUT2D eigenvalue weighted by Crippen LogP contribution is 2.58. The van der Waals surface area contributed by atoms with Gasteiger partial charge in [-0.2, -0.15) is 11.8 Å². The van der Waals surface area contributed by atoms with Crippen LogP contribution in [-0.4, -0.2) is 85.2 Å². The van der Waals surface area contributed by atoms with E-state index in [1.54, 1.807) is 11.1 Å². The molecule has 0 bridgehead atoms. The topological polar surface area (TPSA) is 30.0 Å². The minimum absolute atomic E-state index is 0.0910. The van der Waals surface area contributed by atoms with Gasteiger partial charge in [0.15, 0.2) is 0 Å². The Labute approximate surface area is 275 Å². The molecule has 1 aromatic rings. The summed E-state index contributed by atoms with van der Waals surface area (Å²) in [4.78, 5) is 8.56. The van der Waals surface area contributed by atoms with E-state index in [0.717, 1.165) is 19.5 Å². The highest BCUT2D eigenvalue weighted by Gasteiger charge is 2.59. The molecule has 0 radical (unpaired) electrons. The number of fused-ring (bicyclic) bond motifs is 3. The molecular formula is C39H65N3OS. The van der Waals surface area contributed by atoms with Gasteiger partial charge in [0.2, 0.25) is 0 Å².